The molecule has 14 heteroatoms. The second kappa shape index (κ2) is 9.64. The van der Waals surface area contributed by atoms with Crippen LogP contribution in [0.15, 0.2) is 46.3 Å². The Balaban J connectivity index is 1.81. The quantitative estimate of drug-likeness (QED) is 0.553. The number of alkyl halides is 3. The Kier molecular flexibility index (Phi) is 7.37. The third-order valence-corrected chi connectivity index (χ3v) is 7.62. The van der Waals surface area contributed by atoms with Gasteiger partial charge in [-0.15, -0.1) is 0 Å². The van der Waals surface area contributed by atoms with Crippen molar-refractivity contribution in [2.24, 2.45) is 0 Å². The van der Waals surface area contributed by atoms with E-state index in [2.05, 4.69) is 4.98 Å². The second-order valence-electron chi connectivity index (χ2n) is 8.14. The van der Waals surface area contributed by atoms with Gasteiger partial charge in [-0.05, 0) is 37.3 Å². The molecule has 0 radical (unpaired) electrons. The maximum Gasteiger partial charge on any atom is 0.425 e. The third kappa shape index (κ3) is 6.42. The van der Waals surface area contributed by atoms with Crippen LogP contribution in [0.2, 0.25) is 0 Å². The van der Waals surface area contributed by atoms with Gasteiger partial charge in [0.1, 0.15) is 11.6 Å². The van der Waals surface area contributed by atoms with E-state index in [9.17, 15) is 34.8 Å². The number of sulfone groups is 2. The van der Waals surface area contributed by atoms with E-state index in [1.54, 1.807) is 6.07 Å². The topological polar surface area (TPSA) is 114 Å². The molecule has 0 aliphatic carbocycles. The van der Waals surface area contributed by atoms with Crippen LogP contribution in [0, 0.1) is 0 Å². The average molecular weight is 536 g/mol. The van der Waals surface area contributed by atoms with Crippen molar-refractivity contribution in [2.75, 3.05) is 43.6 Å². The van der Waals surface area contributed by atoms with Crippen LogP contribution in [0.4, 0.5) is 19.0 Å². The van der Waals surface area contributed by atoms with Crippen molar-refractivity contribution in [3.63, 3.8) is 0 Å². The van der Waals surface area contributed by atoms with Gasteiger partial charge in [-0.25, -0.2) is 21.8 Å². The largest absolute Gasteiger partial charge is 0.480 e. The number of aromatic nitrogens is 1. The number of anilines is 1. The van der Waals surface area contributed by atoms with Crippen molar-refractivity contribution in [1.82, 2.24) is 9.88 Å². The Morgan fingerprint density at radius 1 is 0.971 bits per heavy atom. The van der Waals surface area contributed by atoms with Crippen LogP contribution >= 0.6 is 0 Å². The summed E-state index contributed by atoms with van der Waals surface area (Å²) in [6.07, 6.45) is -3.65. The number of nitrogens with zero attached hydrogens (tertiary/aromatic N) is 3. The molecule has 0 bridgehead atoms. The Labute approximate surface area is 201 Å². The molecule has 0 spiro atoms. The molecule has 0 N–H and O–H groups in total. The fraction of sp³-hybridized carbons (Fsp3) is 0.429. The maximum absolute atomic E-state index is 13.2. The van der Waals surface area contributed by atoms with Gasteiger partial charge in [0, 0.05) is 44.9 Å². The van der Waals surface area contributed by atoms with E-state index < -0.39 is 37.9 Å². The van der Waals surface area contributed by atoms with E-state index in [4.69, 9.17) is 4.74 Å². The fourth-order valence-corrected chi connectivity index (χ4v) is 4.56. The fourth-order valence-electron chi connectivity index (χ4n) is 3.35. The Hall–Kier alpha value is -2.87. The summed E-state index contributed by atoms with van der Waals surface area (Å²) in [5, 5.41) is 0. The molecule has 1 fully saturated rings. The van der Waals surface area contributed by atoms with Gasteiger partial charge in [0.2, 0.25) is 0 Å². The van der Waals surface area contributed by atoms with E-state index >= 15 is 0 Å². The van der Waals surface area contributed by atoms with Gasteiger partial charge in [0.25, 0.3) is 5.91 Å². The number of carbonyl (C=O) groups is 1. The van der Waals surface area contributed by atoms with Crippen molar-refractivity contribution in [3.8, 4) is 5.75 Å². The first-order valence-corrected chi connectivity index (χ1v) is 14.1. The number of benzene rings is 1. The zero-order valence-corrected chi connectivity index (χ0v) is 20.7. The first kappa shape index (κ1) is 26.7. The Bertz CT molecular complexity index is 1300. The van der Waals surface area contributed by atoms with Gasteiger partial charge in [-0.3, -0.25) is 4.79 Å². The maximum atomic E-state index is 13.2. The molecule has 1 aliphatic rings. The van der Waals surface area contributed by atoms with E-state index in [0.29, 0.717) is 18.9 Å². The first-order chi connectivity index (χ1) is 16.1. The van der Waals surface area contributed by atoms with Crippen molar-refractivity contribution in [2.45, 2.75) is 29.0 Å². The number of halogens is 3. The van der Waals surface area contributed by atoms with Crippen molar-refractivity contribution in [1.29, 1.82) is 0 Å². The number of amides is 1. The predicted molar refractivity (Wildman–Crippen MR) is 121 cm³/mol. The summed E-state index contributed by atoms with van der Waals surface area (Å²) >= 11 is 0. The van der Waals surface area contributed by atoms with Gasteiger partial charge >= 0.3 is 6.18 Å². The summed E-state index contributed by atoms with van der Waals surface area (Å²) in [4.78, 5) is 20.4. The molecular formula is C21H24F3N3O6S2. The van der Waals surface area contributed by atoms with Crippen LogP contribution in [-0.2, 0) is 19.7 Å². The first-order valence-electron chi connectivity index (χ1n) is 10.3. The number of rotatable bonds is 6. The molecule has 1 atom stereocenters. The number of hydrogen-bond acceptors (Lipinski definition) is 8. The minimum atomic E-state index is -4.68. The standard InChI is InChI=1S/C21H24F3N3O6S2/c1-14(21(22,23)24)33-18-6-4-15(34(2,29)30)12-17(18)20(28)27-10-8-26(9-11-27)19-7-5-16(13-25-19)35(3,31)32/h4-7,12-14H,8-11H2,1-3H3. The van der Waals surface area contributed by atoms with Gasteiger partial charge < -0.3 is 14.5 Å². The highest BCUT2D eigenvalue weighted by molar-refractivity contribution is 7.91. The summed E-state index contributed by atoms with van der Waals surface area (Å²) in [5.41, 5.74) is -0.284. The highest BCUT2D eigenvalue weighted by atomic mass is 32.2. The normalized spacial score (nSPS) is 16.2. The van der Waals surface area contributed by atoms with Crippen LogP contribution in [0.5, 0.6) is 5.75 Å². The smallest absolute Gasteiger partial charge is 0.425 e. The molecule has 1 aromatic heterocycles. The molecule has 1 amide bonds. The number of carbonyl (C=O) groups excluding carboxylic acids is 1. The van der Waals surface area contributed by atoms with Gasteiger partial charge in [0.05, 0.1) is 15.4 Å². The lowest BCUT2D eigenvalue weighted by Crippen LogP contribution is -2.49. The summed E-state index contributed by atoms with van der Waals surface area (Å²) in [5.74, 6) is -0.529. The molecule has 9 nitrogen and oxygen atoms in total. The number of ether oxygens (including phenoxy) is 1. The molecule has 2 heterocycles. The summed E-state index contributed by atoms with van der Waals surface area (Å²) in [6, 6.07) is 6.14. The summed E-state index contributed by atoms with van der Waals surface area (Å²) in [7, 11) is -7.13. The van der Waals surface area contributed by atoms with Crippen LogP contribution in [0.3, 0.4) is 0 Å². The molecule has 0 saturated carbocycles. The molecule has 1 unspecified atom stereocenters. The minimum Gasteiger partial charge on any atom is -0.480 e. The van der Waals surface area contributed by atoms with Gasteiger partial charge in [-0.1, -0.05) is 0 Å². The van der Waals surface area contributed by atoms with Crippen LogP contribution in [0.25, 0.3) is 0 Å². The monoisotopic (exact) mass is 535 g/mol. The van der Waals surface area contributed by atoms with Gasteiger partial charge in [0.15, 0.2) is 25.8 Å². The molecule has 3 rings (SSSR count). The highest BCUT2D eigenvalue weighted by Gasteiger charge is 2.39. The van der Waals surface area contributed by atoms with E-state index in [1.807, 2.05) is 4.90 Å². The lowest BCUT2D eigenvalue weighted by Gasteiger charge is -2.35. The molecule has 1 saturated heterocycles. The van der Waals surface area contributed by atoms with E-state index in [1.165, 1.54) is 17.2 Å². The lowest BCUT2D eigenvalue weighted by molar-refractivity contribution is -0.189. The SMILES string of the molecule is CC(Oc1ccc(S(C)(=O)=O)cc1C(=O)N1CCN(c2ccc(S(C)(=O)=O)cn2)CC1)C(F)(F)F. The van der Waals surface area contributed by atoms with E-state index in [-0.39, 0.29) is 34.2 Å². The summed E-state index contributed by atoms with van der Waals surface area (Å²) in [6.45, 7) is 1.77. The zero-order valence-electron chi connectivity index (χ0n) is 19.1. The number of piperazine rings is 1. The van der Waals surface area contributed by atoms with Crippen LogP contribution < -0.4 is 9.64 Å². The molecule has 2 aromatic rings. The molecule has 192 valence electrons. The van der Waals surface area contributed by atoms with Gasteiger partial charge in [-0.2, -0.15) is 13.2 Å². The third-order valence-electron chi connectivity index (χ3n) is 5.41. The predicted octanol–water partition coefficient (Wildman–Crippen LogP) is 2.18. The average Bonchev–Trinajstić information content (AvgIpc) is 2.77. The molecule has 1 aliphatic heterocycles. The summed E-state index contributed by atoms with van der Waals surface area (Å²) < 4.78 is 91.2. The highest BCUT2D eigenvalue weighted by Crippen LogP contribution is 2.30. The molecule has 1 aromatic carbocycles. The van der Waals surface area contributed by atoms with Crippen LogP contribution in [0.1, 0.15) is 17.3 Å². The second-order valence-corrected chi connectivity index (χ2v) is 12.2. The van der Waals surface area contributed by atoms with Crippen LogP contribution in [-0.4, -0.2) is 83.6 Å². The van der Waals surface area contributed by atoms with Crippen molar-refractivity contribution in [3.05, 3.63) is 42.1 Å². The number of hydrogen-bond donors (Lipinski definition) is 0. The van der Waals surface area contributed by atoms with Crippen molar-refractivity contribution < 1.29 is 39.5 Å². The molecule has 35 heavy (non-hydrogen) atoms. The van der Waals surface area contributed by atoms with Crippen molar-refractivity contribution >= 4 is 31.4 Å². The molecular weight excluding hydrogens is 511 g/mol. The Morgan fingerprint density at radius 3 is 2.03 bits per heavy atom. The van der Waals surface area contributed by atoms with E-state index in [0.717, 1.165) is 37.6 Å². The lowest BCUT2D eigenvalue weighted by atomic mass is 10.1. The Morgan fingerprint density at radius 2 is 1.54 bits per heavy atom. The number of pyridine rings is 1. The zero-order chi connectivity index (χ0) is 26.2. The minimum absolute atomic E-state index is 0.0708.